The van der Waals surface area contributed by atoms with Gasteiger partial charge in [-0.25, -0.2) is 0 Å². The van der Waals surface area contributed by atoms with Crippen molar-refractivity contribution in [1.29, 1.82) is 0 Å². The third-order valence-corrected chi connectivity index (χ3v) is 3.44. The Bertz CT molecular complexity index is 149. The van der Waals surface area contributed by atoms with Crippen LogP contribution >= 0.6 is 0 Å². The van der Waals surface area contributed by atoms with Gasteiger partial charge in [0.2, 0.25) is 0 Å². The highest BCUT2D eigenvalue weighted by Crippen LogP contribution is 2.33. The van der Waals surface area contributed by atoms with Crippen molar-refractivity contribution in [3.8, 4) is 0 Å². The zero-order valence-electron chi connectivity index (χ0n) is 9.34. The summed E-state index contributed by atoms with van der Waals surface area (Å²) < 4.78 is 0. The predicted molar refractivity (Wildman–Crippen MR) is 56.7 cm³/mol. The highest BCUT2D eigenvalue weighted by atomic mass is 16.3. The lowest BCUT2D eigenvalue weighted by atomic mass is 9.77. The SMILES string of the molecule is CC(C)[C@H]1CCCCC[C@](C)(O)C1. The molecule has 0 radical (unpaired) electrons. The third kappa shape index (κ3) is 3.68. The first-order valence-electron chi connectivity index (χ1n) is 5.74. The molecule has 1 nitrogen and oxygen atoms in total. The Labute approximate surface area is 82.5 Å². The Morgan fingerprint density at radius 3 is 2.54 bits per heavy atom. The molecule has 1 rings (SSSR count). The first-order chi connectivity index (χ1) is 6.01. The summed E-state index contributed by atoms with van der Waals surface area (Å²) in [6.45, 7) is 6.57. The number of hydrogen-bond donors (Lipinski definition) is 1. The molecule has 1 saturated carbocycles. The quantitative estimate of drug-likeness (QED) is 0.662. The van der Waals surface area contributed by atoms with E-state index in [1.165, 1.54) is 25.7 Å². The van der Waals surface area contributed by atoms with Crippen molar-refractivity contribution in [1.82, 2.24) is 0 Å². The van der Waals surface area contributed by atoms with Crippen molar-refractivity contribution in [3.05, 3.63) is 0 Å². The van der Waals surface area contributed by atoms with E-state index in [1.807, 2.05) is 6.92 Å². The molecule has 0 saturated heterocycles. The van der Waals surface area contributed by atoms with E-state index in [-0.39, 0.29) is 0 Å². The number of hydrogen-bond acceptors (Lipinski definition) is 1. The molecule has 1 heteroatoms. The van der Waals surface area contributed by atoms with Crippen LogP contribution < -0.4 is 0 Å². The molecule has 1 aliphatic rings. The minimum atomic E-state index is -0.393. The van der Waals surface area contributed by atoms with Crippen molar-refractivity contribution in [2.24, 2.45) is 11.8 Å². The van der Waals surface area contributed by atoms with Crippen molar-refractivity contribution in [2.75, 3.05) is 0 Å². The second-order valence-electron chi connectivity index (χ2n) is 5.30. The minimum absolute atomic E-state index is 0.393. The first kappa shape index (κ1) is 11.0. The van der Waals surface area contributed by atoms with E-state index in [0.717, 1.165) is 24.7 Å². The van der Waals surface area contributed by atoms with Gasteiger partial charge in [-0.05, 0) is 31.6 Å². The van der Waals surface area contributed by atoms with Crippen LogP contribution in [0.25, 0.3) is 0 Å². The molecule has 0 heterocycles. The van der Waals surface area contributed by atoms with E-state index in [9.17, 15) is 5.11 Å². The maximum absolute atomic E-state index is 10.1. The van der Waals surface area contributed by atoms with Crippen molar-refractivity contribution in [2.45, 2.75) is 64.9 Å². The molecule has 2 atom stereocenters. The van der Waals surface area contributed by atoms with Crippen LogP contribution in [0.5, 0.6) is 0 Å². The largest absolute Gasteiger partial charge is 0.390 e. The standard InChI is InChI=1S/C12H24O/c1-10(2)11-7-5-4-6-8-12(3,13)9-11/h10-11,13H,4-9H2,1-3H3/t11-,12-/m0/s1. The fourth-order valence-electron chi connectivity index (χ4n) is 2.43. The fourth-order valence-corrected chi connectivity index (χ4v) is 2.43. The lowest BCUT2D eigenvalue weighted by Crippen LogP contribution is -2.30. The molecule has 0 aliphatic heterocycles. The van der Waals surface area contributed by atoms with Crippen molar-refractivity contribution in [3.63, 3.8) is 0 Å². The normalized spacial score (nSPS) is 37.2. The van der Waals surface area contributed by atoms with E-state index in [1.54, 1.807) is 0 Å². The van der Waals surface area contributed by atoms with Gasteiger partial charge < -0.3 is 5.11 Å². The van der Waals surface area contributed by atoms with Crippen LogP contribution in [0.3, 0.4) is 0 Å². The zero-order chi connectivity index (χ0) is 9.90. The molecule has 0 aromatic heterocycles. The lowest BCUT2D eigenvalue weighted by molar-refractivity contribution is 0.00816. The molecule has 0 bridgehead atoms. The van der Waals surface area contributed by atoms with Crippen LogP contribution in [0.2, 0.25) is 0 Å². The molecule has 1 fully saturated rings. The second kappa shape index (κ2) is 4.45. The molecule has 0 aromatic carbocycles. The van der Waals surface area contributed by atoms with Crippen LogP contribution in [0.1, 0.15) is 59.3 Å². The summed E-state index contributed by atoms with van der Waals surface area (Å²) in [4.78, 5) is 0. The first-order valence-corrected chi connectivity index (χ1v) is 5.74. The summed E-state index contributed by atoms with van der Waals surface area (Å²) >= 11 is 0. The number of aliphatic hydroxyl groups is 1. The molecule has 0 spiro atoms. The van der Waals surface area contributed by atoms with Gasteiger partial charge in [-0.3, -0.25) is 0 Å². The summed E-state index contributed by atoms with van der Waals surface area (Å²) in [7, 11) is 0. The smallest absolute Gasteiger partial charge is 0.0622 e. The van der Waals surface area contributed by atoms with Gasteiger partial charge in [0.25, 0.3) is 0 Å². The molecular weight excluding hydrogens is 160 g/mol. The fraction of sp³-hybridized carbons (Fsp3) is 1.00. The predicted octanol–water partition coefficient (Wildman–Crippen LogP) is 3.36. The number of rotatable bonds is 1. The summed E-state index contributed by atoms with van der Waals surface area (Å²) in [5.74, 6) is 1.46. The molecule has 78 valence electrons. The Balaban J connectivity index is 2.53. The van der Waals surface area contributed by atoms with E-state index in [2.05, 4.69) is 13.8 Å². The van der Waals surface area contributed by atoms with Gasteiger partial charge in [0.15, 0.2) is 0 Å². The van der Waals surface area contributed by atoms with Gasteiger partial charge in [-0.2, -0.15) is 0 Å². The van der Waals surface area contributed by atoms with Gasteiger partial charge in [0.1, 0.15) is 0 Å². The Kier molecular flexibility index (Phi) is 3.78. The average Bonchev–Trinajstić information content (AvgIpc) is 1.97. The van der Waals surface area contributed by atoms with Gasteiger partial charge in [0, 0.05) is 0 Å². The van der Waals surface area contributed by atoms with Gasteiger partial charge in [-0.15, -0.1) is 0 Å². The van der Waals surface area contributed by atoms with E-state index >= 15 is 0 Å². The van der Waals surface area contributed by atoms with E-state index in [0.29, 0.717) is 0 Å². The molecule has 0 aromatic rings. The maximum Gasteiger partial charge on any atom is 0.0622 e. The summed E-state index contributed by atoms with van der Waals surface area (Å²) in [6, 6.07) is 0. The highest BCUT2D eigenvalue weighted by Gasteiger charge is 2.28. The summed E-state index contributed by atoms with van der Waals surface area (Å²) in [5.41, 5.74) is -0.393. The molecular formula is C12H24O. The Morgan fingerprint density at radius 2 is 1.92 bits per heavy atom. The minimum Gasteiger partial charge on any atom is -0.390 e. The van der Waals surface area contributed by atoms with Crippen LogP contribution in [0.15, 0.2) is 0 Å². The Morgan fingerprint density at radius 1 is 1.23 bits per heavy atom. The van der Waals surface area contributed by atoms with E-state index < -0.39 is 5.60 Å². The molecule has 1 aliphatic carbocycles. The van der Waals surface area contributed by atoms with Crippen LogP contribution in [0.4, 0.5) is 0 Å². The monoisotopic (exact) mass is 184 g/mol. The lowest BCUT2D eigenvalue weighted by Gasteiger charge is -2.33. The molecule has 1 N–H and O–H groups in total. The summed E-state index contributed by atoms with van der Waals surface area (Å²) in [6.07, 6.45) is 7.19. The summed E-state index contributed by atoms with van der Waals surface area (Å²) in [5, 5.41) is 10.1. The van der Waals surface area contributed by atoms with Crippen LogP contribution in [0, 0.1) is 11.8 Å². The Hall–Kier alpha value is -0.0400. The average molecular weight is 184 g/mol. The van der Waals surface area contributed by atoms with E-state index in [4.69, 9.17) is 0 Å². The topological polar surface area (TPSA) is 20.2 Å². The molecule has 0 unspecified atom stereocenters. The third-order valence-electron chi connectivity index (χ3n) is 3.44. The van der Waals surface area contributed by atoms with Gasteiger partial charge in [0.05, 0.1) is 5.60 Å². The molecule has 13 heavy (non-hydrogen) atoms. The van der Waals surface area contributed by atoms with Crippen molar-refractivity contribution >= 4 is 0 Å². The van der Waals surface area contributed by atoms with Crippen LogP contribution in [-0.4, -0.2) is 10.7 Å². The van der Waals surface area contributed by atoms with Gasteiger partial charge in [-0.1, -0.05) is 39.5 Å². The van der Waals surface area contributed by atoms with Crippen LogP contribution in [-0.2, 0) is 0 Å². The maximum atomic E-state index is 10.1. The highest BCUT2D eigenvalue weighted by molar-refractivity contribution is 4.80. The molecule has 0 amide bonds. The van der Waals surface area contributed by atoms with Gasteiger partial charge >= 0.3 is 0 Å². The second-order valence-corrected chi connectivity index (χ2v) is 5.30. The van der Waals surface area contributed by atoms with Crippen molar-refractivity contribution < 1.29 is 5.11 Å². The zero-order valence-corrected chi connectivity index (χ0v) is 9.34.